The molecule has 1 saturated carbocycles. The zero-order valence-corrected chi connectivity index (χ0v) is 33.1. The third-order valence-electron chi connectivity index (χ3n) is 8.61. The van der Waals surface area contributed by atoms with Crippen molar-refractivity contribution >= 4 is 19.8 Å². The van der Waals surface area contributed by atoms with Crippen LogP contribution in [0, 0.1) is 0 Å². The second-order valence-electron chi connectivity index (χ2n) is 13.4. The van der Waals surface area contributed by atoms with Crippen LogP contribution in [0.1, 0.15) is 123 Å². The van der Waals surface area contributed by atoms with Crippen LogP contribution in [-0.4, -0.2) is 98.3 Å². The molecule has 0 radical (unpaired) electrons. The molecular weight excluding hydrogens is 719 g/mol. The summed E-state index contributed by atoms with van der Waals surface area (Å²) in [5.74, 6) is -1.21. The van der Waals surface area contributed by atoms with E-state index in [4.69, 9.17) is 18.5 Å². The summed E-state index contributed by atoms with van der Waals surface area (Å²) in [6.45, 7) is 3.04. The van der Waals surface area contributed by atoms with Gasteiger partial charge in [0.05, 0.1) is 6.61 Å². The van der Waals surface area contributed by atoms with Crippen molar-refractivity contribution in [1.82, 2.24) is 0 Å². The summed E-state index contributed by atoms with van der Waals surface area (Å²) >= 11 is 0. The molecule has 6 atom stereocenters. The number of carbonyl (C=O) groups is 2. The van der Waals surface area contributed by atoms with Crippen molar-refractivity contribution in [2.24, 2.45) is 0 Å². The lowest BCUT2D eigenvalue weighted by Crippen LogP contribution is -2.64. The number of hydrogen-bond acceptors (Lipinski definition) is 12. The maximum absolute atomic E-state index is 12.7. The lowest BCUT2D eigenvalue weighted by molar-refractivity contribution is -0.220. The Morgan fingerprint density at radius 2 is 1.09 bits per heavy atom. The Hall–Kier alpha value is -2.45. The van der Waals surface area contributed by atoms with Gasteiger partial charge in [0.2, 0.25) is 0 Å². The topological polar surface area (TPSA) is 210 Å². The average molecular weight is 787 g/mol. The first kappa shape index (κ1) is 49.6. The van der Waals surface area contributed by atoms with E-state index >= 15 is 0 Å². The summed E-state index contributed by atoms with van der Waals surface area (Å²) in [5.41, 5.74) is 0. The van der Waals surface area contributed by atoms with Crippen molar-refractivity contribution in [1.29, 1.82) is 0 Å². The minimum Gasteiger partial charge on any atom is -0.462 e. The van der Waals surface area contributed by atoms with Crippen LogP contribution >= 0.6 is 7.82 Å². The normalized spacial score (nSPS) is 23.9. The molecule has 6 N–H and O–H groups in total. The Kier molecular flexibility index (Phi) is 28.2. The fraction of sp³-hybridized carbons (Fsp3) is 0.700. The van der Waals surface area contributed by atoms with E-state index in [1.54, 1.807) is 0 Å². The molecule has 0 bridgehead atoms. The van der Waals surface area contributed by atoms with Crippen LogP contribution < -0.4 is 0 Å². The molecule has 0 amide bonds. The van der Waals surface area contributed by atoms with Crippen molar-refractivity contribution in [3.63, 3.8) is 0 Å². The number of phosphoric acid groups is 1. The molecule has 0 spiro atoms. The highest BCUT2D eigenvalue weighted by atomic mass is 31.2. The number of aliphatic hydroxyl groups excluding tert-OH is 5. The fourth-order valence-corrected chi connectivity index (χ4v) is 6.38. The number of esters is 2. The Bertz CT molecular complexity index is 1180. The zero-order valence-electron chi connectivity index (χ0n) is 32.2. The number of aliphatic hydroxyl groups is 5. The minimum atomic E-state index is -5.13. The van der Waals surface area contributed by atoms with Gasteiger partial charge in [0.15, 0.2) is 6.10 Å². The second-order valence-corrected chi connectivity index (χ2v) is 14.8. The number of allylic oxidation sites excluding steroid dienone is 10. The van der Waals surface area contributed by atoms with E-state index in [1.165, 1.54) is 19.3 Å². The summed E-state index contributed by atoms with van der Waals surface area (Å²) in [7, 11) is -5.13. The molecule has 6 unspecified atom stereocenters. The van der Waals surface area contributed by atoms with E-state index in [-0.39, 0.29) is 12.8 Å². The van der Waals surface area contributed by atoms with Gasteiger partial charge in [-0.1, -0.05) is 107 Å². The lowest BCUT2D eigenvalue weighted by Gasteiger charge is -2.41. The van der Waals surface area contributed by atoms with Gasteiger partial charge in [0.25, 0.3) is 0 Å². The van der Waals surface area contributed by atoms with Gasteiger partial charge in [0.1, 0.15) is 43.2 Å². The first-order valence-corrected chi connectivity index (χ1v) is 21.1. The molecule has 310 valence electrons. The first-order chi connectivity index (χ1) is 25.9. The number of ether oxygens (including phenoxy) is 2. The van der Waals surface area contributed by atoms with Crippen LogP contribution in [0.15, 0.2) is 60.8 Å². The molecule has 1 aliphatic carbocycles. The van der Waals surface area contributed by atoms with E-state index in [0.717, 1.165) is 57.8 Å². The van der Waals surface area contributed by atoms with Crippen LogP contribution in [0.3, 0.4) is 0 Å². The van der Waals surface area contributed by atoms with Gasteiger partial charge in [0, 0.05) is 12.8 Å². The molecule has 1 aliphatic rings. The molecular formula is C40H67O13P. The van der Waals surface area contributed by atoms with E-state index in [2.05, 4.69) is 50.3 Å². The summed E-state index contributed by atoms with van der Waals surface area (Å²) in [6, 6.07) is 0. The highest BCUT2D eigenvalue weighted by Gasteiger charge is 2.51. The van der Waals surface area contributed by atoms with Crippen molar-refractivity contribution < 1.29 is 63.1 Å². The minimum absolute atomic E-state index is 0.0286. The van der Waals surface area contributed by atoms with E-state index in [1.807, 2.05) is 24.3 Å². The monoisotopic (exact) mass is 786 g/mol. The van der Waals surface area contributed by atoms with Gasteiger partial charge in [-0.2, -0.15) is 0 Å². The van der Waals surface area contributed by atoms with Gasteiger partial charge >= 0.3 is 19.8 Å². The maximum atomic E-state index is 12.7. The Morgan fingerprint density at radius 3 is 1.69 bits per heavy atom. The molecule has 0 heterocycles. The summed E-state index contributed by atoms with van der Waals surface area (Å²) in [6.07, 6.45) is 21.7. The predicted molar refractivity (Wildman–Crippen MR) is 207 cm³/mol. The molecule has 0 aliphatic heterocycles. The summed E-state index contributed by atoms with van der Waals surface area (Å²) in [5, 5.41) is 49.9. The van der Waals surface area contributed by atoms with Crippen molar-refractivity contribution in [3.8, 4) is 0 Å². The third-order valence-corrected chi connectivity index (χ3v) is 9.59. The number of carbonyl (C=O) groups excluding carboxylic acids is 2. The molecule has 1 rings (SSSR count). The lowest BCUT2D eigenvalue weighted by atomic mass is 9.85. The first-order valence-electron chi connectivity index (χ1n) is 19.6. The predicted octanol–water partition coefficient (Wildman–Crippen LogP) is 6.21. The van der Waals surface area contributed by atoms with Crippen LogP contribution in [0.4, 0.5) is 0 Å². The summed E-state index contributed by atoms with van der Waals surface area (Å²) in [4.78, 5) is 35.4. The van der Waals surface area contributed by atoms with Crippen molar-refractivity contribution in [2.45, 2.75) is 166 Å². The largest absolute Gasteiger partial charge is 0.472 e. The average Bonchev–Trinajstić information content (AvgIpc) is 3.15. The summed E-state index contributed by atoms with van der Waals surface area (Å²) < 4.78 is 33.2. The van der Waals surface area contributed by atoms with Gasteiger partial charge < -0.3 is 39.9 Å². The molecule has 0 saturated heterocycles. The highest BCUT2D eigenvalue weighted by molar-refractivity contribution is 7.47. The molecule has 0 aromatic heterocycles. The van der Waals surface area contributed by atoms with Crippen LogP contribution in [0.2, 0.25) is 0 Å². The number of unbranched alkanes of at least 4 members (excludes halogenated alkanes) is 8. The van der Waals surface area contributed by atoms with Crippen LogP contribution in [-0.2, 0) is 32.7 Å². The molecule has 54 heavy (non-hydrogen) atoms. The van der Waals surface area contributed by atoms with Gasteiger partial charge in [-0.05, 0) is 64.2 Å². The van der Waals surface area contributed by atoms with Crippen LogP contribution in [0.5, 0.6) is 0 Å². The Labute approximate surface area is 322 Å². The standard InChI is InChI=1S/C40H67O13P/c1-3-5-7-9-11-13-15-17-19-21-23-25-27-29-34(42)52-32(30-50-33(41)28-26-24-22-20-18-16-14-12-10-8-6-4-2)31-51-54(48,49)53-40-38(46)36(44)35(43)37(45)39(40)47/h5,7,11-14,17,19,23,25,32,35-40,43-47H,3-4,6,8-10,15-16,18,20-22,24,26-31H2,1-2H3,(H,48,49)/b7-5-,13-11-,14-12-,19-17-,25-23-. The maximum Gasteiger partial charge on any atom is 0.472 e. The number of hydrogen-bond donors (Lipinski definition) is 6. The van der Waals surface area contributed by atoms with Gasteiger partial charge in [-0.25, -0.2) is 4.57 Å². The highest BCUT2D eigenvalue weighted by Crippen LogP contribution is 2.47. The number of phosphoric ester groups is 1. The van der Waals surface area contributed by atoms with E-state index in [0.29, 0.717) is 19.3 Å². The zero-order chi connectivity index (χ0) is 40.0. The molecule has 0 aromatic rings. The SMILES string of the molecule is CC/C=C\C/C=C\C/C=C\C/C=C\CCC(=O)OC(COC(=O)CCCCCCC/C=C\CCCCC)COP(=O)(O)OC1C(O)C(O)C(O)C(O)C1O. The van der Waals surface area contributed by atoms with E-state index in [9.17, 15) is 44.6 Å². The molecule has 0 aromatic carbocycles. The molecule has 13 nitrogen and oxygen atoms in total. The smallest absolute Gasteiger partial charge is 0.462 e. The molecule has 14 heteroatoms. The Morgan fingerprint density at radius 1 is 0.593 bits per heavy atom. The van der Waals surface area contributed by atoms with Gasteiger partial charge in [-0.15, -0.1) is 0 Å². The number of rotatable bonds is 30. The molecule has 1 fully saturated rings. The van der Waals surface area contributed by atoms with Crippen molar-refractivity contribution in [2.75, 3.05) is 13.2 Å². The van der Waals surface area contributed by atoms with Crippen molar-refractivity contribution in [3.05, 3.63) is 60.8 Å². The van der Waals surface area contributed by atoms with E-state index < -0.39 is 75.7 Å². The second kappa shape index (κ2) is 30.7. The third kappa shape index (κ3) is 23.5. The quantitative estimate of drug-likeness (QED) is 0.0207. The van der Waals surface area contributed by atoms with Crippen LogP contribution in [0.25, 0.3) is 0 Å². The van der Waals surface area contributed by atoms with Gasteiger partial charge in [-0.3, -0.25) is 18.6 Å². The fourth-order valence-electron chi connectivity index (χ4n) is 5.41. The Balaban J connectivity index is 2.61.